The van der Waals surface area contributed by atoms with Gasteiger partial charge in [-0.2, -0.15) is 0 Å². The van der Waals surface area contributed by atoms with E-state index in [4.69, 9.17) is 9.47 Å². The molecular weight excluding hydrogens is 378 g/mol. The van der Waals surface area contributed by atoms with Crippen LogP contribution < -0.4 is 14.3 Å². The number of ether oxygens (including phenoxy) is 2. The summed E-state index contributed by atoms with van der Waals surface area (Å²) in [6.45, 7) is 1.93. The van der Waals surface area contributed by atoms with Crippen molar-refractivity contribution in [3.8, 4) is 17.4 Å². The maximum atomic E-state index is 11.3. The maximum absolute atomic E-state index is 11.3. The van der Waals surface area contributed by atoms with Gasteiger partial charge < -0.3 is 19.6 Å². The molecule has 144 valence electrons. The summed E-state index contributed by atoms with van der Waals surface area (Å²) in [6.07, 6.45) is 0.222. The molecule has 0 spiro atoms. The molecule has 0 saturated heterocycles. The average molecular weight is 397 g/mol. The zero-order valence-electron chi connectivity index (χ0n) is 15.4. The summed E-state index contributed by atoms with van der Waals surface area (Å²) in [5, 5.41) is 9.70. The second-order valence-electron chi connectivity index (χ2n) is 6.37. The zero-order valence-corrected chi connectivity index (χ0v) is 16.2. The van der Waals surface area contributed by atoms with Crippen LogP contribution in [0, 0.1) is 0 Å². The van der Waals surface area contributed by atoms with E-state index in [1.807, 2.05) is 49.4 Å². The lowest BCUT2D eigenvalue weighted by atomic mass is 10.1. The van der Waals surface area contributed by atoms with E-state index in [-0.39, 0.29) is 16.9 Å². The molecule has 1 unspecified atom stereocenters. The van der Waals surface area contributed by atoms with Gasteiger partial charge in [0.1, 0.15) is 17.3 Å². The van der Waals surface area contributed by atoms with Crippen LogP contribution in [-0.2, 0) is 6.42 Å². The molecule has 0 aliphatic carbocycles. The molecule has 4 aromatic rings. The highest BCUT2D eigenvalue weighted by atomic mass is 32.1. The van der Waals surface area contributed by atoms with Crippen molar-refractivity contribution in [2.45, 2.75) is 19.4 Å². The van der Waals surface area contributed by atoms with Crippen molar-refractivity contribution >= 4 is 22.4 Å². The topological polar surface area (TPSA) is 100 Å². The van der Waals surface area contributed by atoms with Crippen molar-refractivity contribution in [1.82, 2.24) is 15.0 Å². The third-order valence-electron chi connectivity index (χ3n) is 4.39. The molecule has 0 radical (unpaired) electrons. The van der Waals surface area contributed by atoms with Gasteiger partial charge in [0.15, 0.2) is 6.10 Å². The molecule has 2 heterocycles. The van der Waals surface area contributed by atoms with E-state index in [0.29, 0.717) is 17.0 Å². The fraction of sp³-hybridized carbons (Fsp3) is 0.200. The standard InChI is InChI=1S/C20H19N3O4S/c1-11(18-21-15-8-7-14(26-2)10-16(15)22-18)27-13-5-3-12(4-6-13)9-17-19(24)23-20(25)28-17/h3-8,10-11,24H,9H2,1-2H3,(H,21,22)(H,23,25). The van der Waals surface area contributed by atoms with E-state index in [2.05, 4.69) is 15.0 Å². The third-order valence-corrected chi connectivity index (χ3v) is 5.27. The Bertz CT molecular complexity index is 1160. The monoisotopic (exact) mass is 397 g/mol. The lowest BCUT2D eigenvalue weighted by Crippen LogP contribution is -2.05. The molecule has 0 saturated carbocycles. The first kappa shape index (κ1) is 18.1. The number of imidazole rings is 1. The number of thiazole rings is 1. The van der Waals surface area contributed by atoms with Crippen LogP contribution in [0.3, 0.4) is 0 Å². The number of hydrogen-bond donors (Lipinski definition) is 3. The molecule has 0 amide bonds. The van der Waals surface area contributed by atoms with Crippen molar-refractivity contribution < 1.29 is 14.6 Å². The van der Waals surface area contributed by atoms with Crippen molar-refractivity contribution in [3.63, 3.8) is 0 Å². The number of aromatic nitrogens is 3. The Labute approximate surface area is 164 Å². The van der Waals surface area contributed by atoms with Crippen LogP contribution in [0.25, 0.3) is 11.0 Å². The van der Waals surface area contributed by atoms with Crippen LogP contribution in [0.2, 0.25) is 0 Å². The number of methoxy groups -OCH3 is 1. The number of rotatable bonds is 6. The van der Waals surface area contributed by atoms with E-state index in [0.717, 1.165) is 39.5 Å². The first-order chi connectivity index (χ1) is 13.5. The number of fused-ring (bicyclic) bond motifs is 1. The Morgan fingerprint density at radius 1 is 1.14 bits per heavy atom. The Kier molecular flexibility index (Phi) is 4.79. The minimum absolute atomic E-state index is 0.0644. The molecule has 7 nitrogen and oxygen atoms in total. The van der Waals surface area contributed by atoms with E-state index >= 15 is 0 Å². The lowest BCUT2D eigenvalue weighted by Gasteiger charge is -2.12. The fourth-order valence-electron chi connectivity index (χ4n) is 2.93. The van der Waals surface area contributed by atoms with Gasteiger partial charge in [0.25, 0.3) is 0 Å². The summed E-state index contributed by atoms with van der Waals surface area (Å²) in [6, 6.07) is 13.2. The SMILES string of the molecule is COc1ccc2nc(C(C)Oc3ccc(Cc4sc(=O)[nH]c4O)cc3)[nH]c2c1. The molecule has 2 aromatic heterocycles. The summed E-state index contributed by atoms with van der Waals surface area (Å²) in [4.78, 5) is 21.9. The molecule has 0 bridgehead atoms. The molecular formula is C20H19N3O4S. The Morgan fingerprint density at radius 2 is 1.89 bits per heavy atom. The first-order valence-corrected chi connectivity index (χ1v) is 9.53. The van der Waals surface area contributed by atoms with E-state index in [1.54, 1.807) is 7.11 Å². The highest BCUT2D eigenvalue weighted by molar-refractivity contribution is 7.09. The van der Waals surface area contributed by atoms with Gasteiger partial charge in [0, 0.05) is 12.5 Å². The number of aromatic amines is 2. The number of aromatic hydroxyl groups is 1. The molecule has 4 rings (SSSR count). The number of H-pyrrole nitrogens is 2. The Morgan fingerprint density at radius 3 is 2.57 bits per heavy atom. The van der Waals surface area contributed by atoms with E-state index < -0.39 is 0 Å². The van der Waals surface area contributed by atoms with Crippen molar-refractivity contribution in [2.75, 3.05) is 7.11 Å². The minimum atomic E-state index is -0.261. The normalized spacial score (nSPS) is 12.2. The Hall–Kier alpha value is -3.26. The van der Waals surface area contributed by atoms with E-state index in [1.165, 1.54) is 0 Å². The van der Waals surface area contributed by atoms with Crippen molar-refractivity contribution in [2.24, 2.45) is 0 Å². The second kappa shape index (κ2) is 7.40. The lowest BCUT2D eigenvalue weighted by molar-refractivity contribution is 0.218. The third kappa shape index (κ3) is 3.72. The molecule has 28 heavy (non-hydrogen) atoms. The van der Waals surface area contributed by atoms with Crippen LogP contribution in [0.15, 0.2) is 47.3 Å². The molecule has 0 fully saturated rings. The van der Waals surface area contributed by atoms with Gasteiger partial charge in [-0.15, -0.1) is 0 Å². The van der Waals surface area contributed by atoms with Crippen LogP contribution in [0.4, 0.5) is 0 Å². The van der Waals surface area contributed by atoms with Crippen LogP contribution >= 0.6 is 11.3 Å². The molecule has 8 heteroatoms. The van der Waals surface area contributed by atoms with Crippen LogP contribution in [-0.4, -0.2) is 27.2 Å². The Balaban J connectivity index is 1.46. The predicted octanol–water partition coefficient (Wildman–Crippen LogP) is 3.76. The van der Waals surface area contributed by atoms with Gasteiger partial charge in [-0.3, -0.25) is 9.78 Å². The highest BCUT2D eigenvalue weighted by Gasteiger charge is 2.13. The van der Waals surface area contributed by atoms with Gasteiger partial charge >= 0.3 is 4.87 Å². The van der Waals surface area contributed by atoms with Gasteiger partial charge in [-0.1, -0.05) is 23.5 Å². The smallest absolute Gasteiger partial charge is 0.307 e. The second-order valence-corrected chi connectivity index (χ2v) is 7.44. The number of hydrogen-bond acceptors (Lipinski definition) is 6. The van der Waals surface area contributed by atoms with Crippen LogP contribution in [0.5, 0.6) is 17.4 Å². The molecule has 1 atom stereocenters. The summed E-state index contributed by atoms with van der Waals surface area (Å²) < 4.78 is 11.2. The van der Waals surface area contributed by atoms with Gasteiger partial charge in [-0.25, -0.2) is 4.98 Å². The summed E-state index contributed by atoms with van der Waals surface area (Å²) >= 11 is 1.01. The molecule has 0 aliphatic rings. The summed E-state index contributed by atoms with van der Waals surface area (Å²) in [7, 11) is 1.63. The van der Waals surface area contributed by atoms with Gasteiger partial charge in [0.2, 0.25) is 5.88 Å². The highest BCUT2D eigenvalue weighted by Crippen LogP contribution is 2.26. The summed E-state index contributed by atoms with van der Waals surface area (Å²) in [5.41, 5.74) is 2.72. The average Bonchev–Trinajstić information content (AvgIpc) is 3.25. The van der Waals surface area contributed by atoms with Gasteiger partial charge in [-0.05, 0) is 36.8 Å². The largest absolute Gasteiger partial charge is 0.497 e. The van der Waals surface area contributed by atoms with E-state index in [9.17, 15) is 9.90 Å². The molecule has 0 aliphatic heterocycles. The first-order valence-electron chi connectivity index (χ1n) is 8.72. The zero-order chi connectivity index (χ0) is 19.7. The minimum Gasteiger partial charge on any atom is -0.497 e. The molecule has 2 aromatic carbocycles. The summed E-state index contributed by atoms with van der Waals surface area (Å²) in [5.74, 6) is 2.14. The number of nitrogens with zero attached hydrogens (tertiary/aromatic N) is 1. The number of benzene rings is 2. The fourth-order valence-corrected chi connectivity index (χ4v) is 3.69. The quantitative estimate of drug-likeness (QED) is 0.460. The van der Waals surface area contributed by atoms with Crippen molar-refractivity contribution in [3.05, 3.63) is 68.4 Å². The number of nitrogens with one attached hydrogen (secondary N) is 2. The molecule has 3 N–H and O–H groups in total. The predicted molar refractivity (Wildman–Crippen MR) is 108 cm³/mol. The van der Waals surface area contributed by atoms with Gasteiger partial charge in [0.05, 0.1) is 23.0 Å². The van der Waals surface area contributed by atoms with Crippen LogP contribution in [0.1, 0.15) is 29.3 Å². The van der Waals surface area contributed by atoms with Crippen molar-refractivity contribution in [1.29, 1.82) is 0 Å². The maximum Gasteiger partial charge on any atom is 0.307 e.